The molecule has 0 saturated heterocycles. The van der Waals surface area contributed by atoms with Crippen molar-refractivity contribution in [1.82, 2.24) is 15.5 Å². The Kier molecular flexibility index (Phi) is 6.00. The van der Waals surface area contributed by atoms with Crippen LogP contribution in [0.1, 0.15) is 19.8 Å². The van der Waals surface area contributed by atoms with E-state index in [1.165, 1.54) is 0 Å². The Balaban J connectivity index is 2.35. The molecule has 0 saturated carbocycles. The van der Waals surface area contributed by atoms with E-state index in [-0.39, 0.29) is 16.2 Å². The van der Waals surface area contributed by atoms with Crippen LogP contribution in [0.2, 0.25) is 10.3 Å². The minimum atomic E-state index is 0.00332. The van der Waals surface area contributed by atoms with E-state index in [4.69, 9.17) is 23.2 Å². The van der Waals surface area contributed by atoms with E-state index in [1.54, 1.807) is 6.07 Å². The van der Waals surface area contributed by atoms with Gasteiger partial charge in [-0.25, -0.2) is 0 Å². The maximum atomic E-state index is 11.3. The van der Waals surface area contributed by atoms with Crippen LogP contribution in [0.5, 0.6) is 0 Å². The molecule has 1 aromatic rings. The van der Waals surface area contributed by atoms with Gasteiger partial charge in [-0.2, -0.15) is 0 Å². The zero-order chi connectivity index (χ0) is 12.7. The summed E-state index contributed by atoms with van der Waals surface area (Å²) in [5, 5.41) is 13.5. The molecule has 1 amide bonds. The van der Waals surface area contributed by atoms with Gasteiger partial charge in [0.25, 0.3) is 0 Å². The summed E-state index contributed by atoms with van der Waals surface area (Å²) >= 11 is 11.5. The lowest BCUT2D eigenvalue weighted by Crippen LogP contribution is -2.25. The van der Waals surface area contributed by atoms with E-state index < -0.39 is 0 Å². The Labute approximate surface area is 110 Å². The lowest BCUT2D eigenvalue weighted by atomic mass is 10.3. The third-order valence-electron chi connectivity index (χ3n) is 1.96. The second kappa shape index (κ2) is 7.29. The van der Waals surface area contributed by atoms with Gasteiger partial charge in [0.1, 0.15) is 0 Å². The Morgan fingerprint density at radius 3 is 2.82 bits per heavy atom. The van der Waals surface area contributed by atoms with Crippen LogP contribution < -0.4 is 10.6 Å². The van der Waals surface area contributed by atoms with Gasteiger partial charge in [-0.05, 0) is 6.42 Å². The fourth-order valence-electron chi connectivity index (χ4n) is 1.14. The monoisotopic (exact) mass is 276 g/mol. The Morgan fingerprint density at radius 1 is 1.35 bits per heavy atom. The van der Waals surface area contributed by atoms with E-state index in [9.17, 15) is 4.79 Å². The Hall–Kier alpha value is -1.07. The number of anilines is 1. The molecule has 0 radical (unpaired) electrons. The van der Waals surface area contributed by atoms with Gasteiger partial charge < -0.3 is 10.6 Å². The number of nitrogens with one attached hydrogen (secondary N) is 2. The van der Waals surface area contributed by atoms with Crippen LogP contribution in [-0.2, 0) is 4.79 Å². The summed E-state index contributed by atoms with van der Waals surface area (Å²) in [6.45, 7) is 3.17. The number of amides is 1. The van der Waals surface area contributed by atoms with Gasteiger partial charge in [0.05, 0.1) is 5.69 Å². The quantitative estimate of drug-likeness (QED) is 0.835. The zero-order valence-corrected chi connectivity index (χ0v) is 11.0. The largest absolute Gasteiger partial charge is 0.382 e. The third-order valence-corrected chi connectivity index (χ3v) is 2.42. The first kappa shape index (κ1) is 14.0. The van der Waals surface area contributed by atoms with Gasteiger partial charge in [-0.15, -0.1) is 10.2 Å². The van der Waals surface area contributed by atoms with Gasteiger partial charge in [0.15, 0.2) is 10.3 Å². The van der Waals surface area contributed by atoms with Gasteiger partial charge in [0, 0.05) is 25.6 Å². The average Bonchev–Trinajstić information content (AvgIpc) is 2.31. The molecule has 17 heavy (non-hydrogen) atoms. The fraction of sp³-hybridized carbons (Fsp3) is 0.500. The summed E-state index contributed by atoms with van der Waals surface area (Å²) in [6, 6.07) is 1.57. The van der Waals surface area contributed by atoms with Crippen molar-refractivity contribution in [3.05, 3.63) is 16.4 Å². The maximum absolute atomic E-state index is 11.3. The highest BCUT2D eigenvalue weighted by Gasteiger charge is 2.05. The highest BCUT2D eigenvalue weighted by molar-refractivity contribution is 6.33. The Morgan fingerprint density at radius 2 is 2.12 bits per heavy atom. The van der Waals surface area contributed by atoms with Crippen molar-refractivity contribution in [3.63, 3.8) is 0 Å². The van der Waals surface area contributed by atoms with Crippen molar-refractivity contribution in [2.24, 2.45) is 0 Å². The van der Waals surface area contributed by atoms with Crippen LogP contribution >= 0.6 is 23.2 Å². The molecule has 5 nitrogen and oxygen atoms in total. The highest BCUT2D eigenvalue weighted by Crippen LogP contribution is 2.20. The van der Waals surface area contributed by atoms with Crippen LogP contribution in [0.15, 0.2) is 6.07 Å². The zero-order valence-electron chi connectivity index (χ0n) is 9.46. The molecule has 1 rings (SSSR count). The van der Waals surface area contributed by atoms with Crippen LogP contribution in [0.3, 0.4) is 0 Å². The molecule has 0 aromatic carbocycles. The molecular weight excluding hydrogens is 263 g/mol. The third kappa shape index (κ3) is 5.19. The number of hydrogen-bond acceptors (Lipinski definition) is 4. The Bertz CT molecular complexity index is 387. The number of hydrogen-bond donors (Lipinski definition) is 2. The van der Waals surface area contributed by atoms with E-state index in [1.807, 2.05) is 6.92 Å². The number of nitrogens with zero attached hydrogens (tertiary/aromatic N) is 2. The number of carbonyl (C=O) groups is 1. The molecule has 2 N–H and O–H groups in total. The summed E-state index contributed by atoms with van der Waals surface area (Å²) < 4.78 is 0. The molecule has 0 atom stereocenters. The van der Waals surface area contributed by atoms with Gasteiger partial charge in [0.2, 0.25) is 5.91 Å². The maximum Gasteiger partial charge on any atom is 0.221 e. The summed E-state index contributed by atoms with van der Waals surface area (Å²) in [6.07, 6.45) is 1.30. The van der Waals surface area contributed by atoms with Gasteiger partial charge in [-0.3, -0.25) is 4.79 Å². The molecule has 0 unspecified atom stereocenters. The predicted molar refractivity (Wildman–Crippen MR) is 68.5 cm³/mol. The van der Waals surface area contributed by atoms with Gasteiger partial charge >= 0.3 is 0 Å². The molecule has 7 heteroatoms. The summed E-state index contributed by atoms with van der Waals surface area (Å²) in [7, 11) is 0. The predicted octanol–water partition coefficient (Wildman–Crippen LogP) is 2.11. The molecule has 0 aliphatic carbocycles. The fourth-order valence-corrected chi connectivity index (χ4v) is 1.45. The smallest absolute Gasteiger partial charge is 0.221 e. The molecule has 0 aliphatic rings. The SMILES string of the molecule is CCCNC(=O)CCNc1cc(Cl)nnc1Cl. The van der Waals surface area contributed by atoms with E-state index in [0.717, 1.165) is 6.42 Å². The number of aromatic nitrogens is 2. The first-order valence-corrected chi connectivity index (χ1v) is 6.08. The van der Waals surface area contributed by atoms with Crippen molar-refractivity contribution < 1.29 is 4.79 Å². The molecule has 0 fully saturated rings. The van der Waals surface area contributed by atoms with Crippen molar-refractivity contribution in [1.29, 1.82) is 0 Å². The average molecular weight is 277 g/mol. The van der Waals surface area contributed by atoms with Gasteiger partial charge in [-0.1, -0.05) is 30.1 Å². The summed E-state index contributed by atoms with van der Waals surface area (Å²) in [4.78, 5) is 11.3. The second-order valence-electron chi connectivity index (χ2n) is 3.40. The topological polar surface area (TPSA) is 66.9 Å². The first-order valence-electron chi connectivity index (χ1n) is 5.32. The van der Waals surface area contributed by atoms with Crippen molar-refractivity contribution >= 4 is 34.8 Å². The summed E-state index contributed by atoms with van der Waals surface area (Å²) in [5.41, 5.74) is 0.579. The molecule has 0 bridgehead atoms. The van der Waals surface area contributed by atoms with Crippen LogP contribution in [0.4, 0.5) is 5.69 Å². The van der Waals surface area contributed by atoms with Crippen molar-refractivity contribution in [2.75, 3.05) is 18.4 Å². The van der Waals surface area contributed by atoms with E-state index >= 15 is 0 Å². The highest BCUT2D eigenvalue weighted by atomic mass is 35.5. The molecular formula is C10H14Cl2N4O. The number of rotatable bonds is 6. The normalized spacial score (nSPS) is 10.1. The molecule has 0 spiro atoms. The standard InChI is InChI=1S/C10H14Cl2N4O/c1-2-4-14-9(17)3-5-13-7-6-8(11)15-16-10(7)12/h6H,2-5H2,1H3,(H,13,15)(H,14,17). The number of carbonyl (C=O) groups excluding carboxylic acids is 1. The first-order chi connectivity index (χ1) is 8.13. The van der Waals surface area contributed by atoms with E-state index in [0.29, 0.717) is 25.2 Å². The van der Waals surface area contributed by atoms with Crippen LogP contribution in [-0.4, -0.2) is 29.2 Å². The minimum Gasteiger partial charge on any atom is -0.382 e. The number of halogens is 2. The van der Waals surface area contributed by atoms with Crippen LogP contribution in [0.25, 0.3) is 0 Å². The lowest BCUT2D eigenvalue weighted by molar-refractivity contribution is -0.120. The van der Waals surface area contributed by atoms with Crippen LogP contribution in [0, 0.1) is 0 Å². The molecule has 1 heterocycles. The molecule has 1 aromatic heterocycles. The second-order valence-corrected chi connectivity index (χ2v) is 4.14. The minimum absolute atomic E-state index is 0.00332. The summed E-state index contributed by atoms with van der Waals surface area (Å²) in [5.74, 6) is 0.00332. The molecule has 94 valence electrons. The lowest BCUT2D eigenvalue weighted by Gasteiger charge is -2.07. The van der Waals surface area contributed by atoms with Crippen molar-refractivity contribution in [2.45, 2.75) is 19.8 Å². The molecule has 0 aliphatic heterocycles. The van der Waals surface area contributed by atoms with E-state index in [2.05, 4.69) is 20.8 Å². The van der Waals surface area contributed by atoms with Crippen molar-refractivity contribution in [3.8, 4) is 0 Å².